The fraction of sp³-hybridized carbons (Fsp3) is 0.538. The Balaban J connectivity index is 2.44. The van der Waals surface area contributed by atoms with E-state index in [1.165, 1.54) is 6.07 Å². The highest BCUT2D eigenvalue weighted by Gasteiger charge is 2.11. The number of ether oxygens (including phenoxy) is 1. The van der Waals surface area contributed by atoms with Gasteiger partial charge in [0.15, 0.2) is 11.6 Å². The Labute approximate surface area is 115 Å². The van der Waals surface area contributed by atoms with Crippen LogP contribution in [0, 0.1) is 11.6 Å². The van der Waals surface area contributed by atoms with Crippen molar-refractivity contribution in [3.63, 3.8) is 0 Å². The number of hydrogen-bond donors (Lipinski definition) is 1. The molecule has 0 saturated carbocycles. The second kappa shape index (κ2) is 7.69. The highest BCUT2D eigenvalue weighted by Crippen LogP contribution is 2.25. The van der Waals surface area contributed by atoms with Crippen LogP contribution in [0.15, 0.2) is 16.6 Å². The molecule has 0 aromatic heterocycles. The quantitative estimate of drug-likeness (QED) is 0.607. The average molecular weight is 322 g/mol. The van der Waals surface area contributed by atoms with Crippen LogP contribution in [0.3, 0.4) is 0 Å². The third-order valence-electron chi connectivity index (χ3n) is 2.74. The zero-order chi connectivity index (χ0) is 13.5. The molecule has 2 nitrogen and oxygen atoms in total. The van der Waals surface area contributed by atoms with Crippen molar-refractivity contribution in [1.82, 2.24) is 5.32 Å². The van der Waals surface area contributed by atoms with Gasteiger partial charge in [-0.3, -0.25) is 0 Å². The molecule has 1 N–H and O–H groups in total. The Morgan fingerprint density at radius 3 is 2.56 bits per heavy atom. The van der Waals surface area contributed by atoms with E-state index in [9.17, 15) is 8.78 Å². The average Bonchev–Trinajstić information content (AvgIpc) is 2.35. The lowest BCUT2D eigenvalue weighted by molar-refractivity contribution is 0.284. The summed E-state index contributed by atoms with van der Waals surface area (Å²) in [6, 6.07) is 2.94. The Morgan fingerprint density at radius 1 is 1.28 bits per heavy atom. The van der Waals surface area contributed by atoms with E-state index in [2.05, 4.69) is 35.1 Å². The molecule has 18 heavy (non-hydrogen) atoms. The molecule has 5 heteroatoms. The van der Waals surface area contributed by atoms with Crippen LogP contribution >= 0.6 is 15.9 Å². The summed E-state index contributed by atoms with van der Waals surface area (Å²) in [4.78, 5) is 0. The van der Waals surface area contributed by atoms with E-state index in [0.29, 0.717) is 23.7 Å². The van der Waals surface area contributed by atoms with Gasteiger partial charge in [-0.1, -0.05) is 29.8 Å². The number of hydrogen-bond acceptors (Lipinski definition) is 2. The Kier molecular flexibility index (Phi) is 6.57. The van der Waals surface area contributed by atoms with Gasteiger partial charge in [0.2, 0.25) is 5.82 Å². The van der Waals surface area contributed by atoms with Crippen LogP contribution in [0.4, 0.5) is 8.78 Å². The van der Waals surface area contributed by atoms with Gasteiger partial charge >= 0.3 is 0 Å². The van der Waals surface area contributed by atoms with Crippen LogP contribution in [0.5, 0.6) is 5.75 Å². The lowest BCUT2D eigenvalue weighted by atomic mass is 10.2. The van der Waals surface area contributed by atoms with Gasteiger partial charge in [0.1, 0.15) is 6.61 Å². The van der Waals surface area contributed by atoms with Gasteiger partial charge in [0, 0.05) is 17.1 Å². The largest absolute Gasteiger partial charge is 0.489 e. The monoisotopic (exact) mass is 321 g/mol. The summed E-state index contributed by atoms with van der Waals surface area (Å²) < 4.78 is 32.1. The Hall–Kier alpha value is -0.680. The van der Waals surface area contributed by atoms with Crippen LogP contribution in [-0.2, 0) is 0 Å². The summed E-state index contributed by atoms with van der Waals surface area (Å²) in [7, 11) is 0. The second-order valence-corrected chi connectivity index (χ2v) is 4.93. The Morgan fingerprint density at radius 2 is 1.94 bits per heavy atom. The van der Waals surface area contributed by atoms with Gasteiger partial charge in [-0.05, 0) is 25.0 Å². The zero-order valence-corrected chi connectivity index (χ0v) is 12.2. The van der Waals surface area contributed by atoms with Crippen LogP contribution < -0.4 is 10.1 Å². The topological polar surface area (TPSA) is 21.3 Å². The lowest BCUT2D eigenvalue weighted by Crippen LogP contribution is -2.31. The van der Waals surface area contributed by atoms with Gasteiger partial charge < -0.3 is 10.1 Å². The summed E-state index contributed by atoms with van der Waals surface area (Å²) in [5, 5.41) is 3.29. The highest BCUT2D eigenvalue weighted by molar-refractivity contribution is 9.10. The molecule has 0 bridgehead atoms. The van der Waals surface area contributed by atoms with Gasteiger partial charge in [0.05, 0.1) is 0 Å². The molecule has 0 amide bonds. The maximum atomic E-state index is 13.4. The molecule has 0 aliphatic rings. The van der Waals surface area contributed by atoms with Crippen molar-refractivity contribution in [2.24, 2.45) is 0 Å². The summed E-state index contributed by atoms with van der Waals surface area (Å²) >= 11 is 3.10. The Bertz CT molecular complexity index is 383. The minimum atomic E-state index is -0.944. The van der Waals surface area contributed by atoms with Gasteiger partial charge in [-0.25, -0.2) is 4.39 Å². The standard InChI is InChI=1S/C13H18BrF2NO/c1-3-10(4-2)17-5-6-18-12-8-9(14)7-11(15)13(12)16/h7-8,10,17H,3-6H2,1-2H3. The van der Waals surface area contributed by atoms with Crippen LogP contribution in [0.2, 0.25) is 0 Å². The molecule has 0 unspecified atom stereocenters. The molecular formula is C13H18BrF2NO. The van der Waals surface area contributed by atoms with Crippen molar-refractivity contribution in [1.29, 1.82) is 0 Å². The van der Waals surface area contributed by atoms with Crippen molar-refractivity contribution < 1.29 is 13.5 Å². The third-order valence-corrected chi connectivity index (χ3v) is 3.20. The van der Waals surface area contributed by atoms with Gasteiger partial charge in [-0.15, -0.1) is 0 Å². The minimum absolute atomic E-state index is 0.0618. The first-order chi connectivity index (χ1) is 8.58. The number of halogens is 3. The second-order valence-electron chi connectivity index (χ2n) is 4.02. The van der Waals surface area contributed by atoms with E-state index in [1.807, 2.05) is 0 Å². The molecule has 1 aromatic rings. The zero-order valence-electron chi connectivity index (χ0n) is 10.6. The van der Waals surface area contributed by atoms with Crippen molar-refractivity contribution in [2.45, 2.75) is 32.7 Å². The van der Waals surface area contributed by atoms with E-state index in [0.717, 1.165) is 18.9 Å². The molecule has 0 aliphatic heterocycles. The van der Waals surface area contributed by atoms with E-state index < -0.39 is 11.6 Å². The highest BCUT2D eigenvalue weighted by atomic mass is 79.9. The fourth-order valence-electron chi connectivity index (χ4n) is 1.64. The number of rotatable bonds is 7. The molecule has 0 saturated heterocycles. The van der Waals surface area contributed by atoms with E-state index >= 15 is 0 Å². The minimum Gasteiger partial charge on any atom is -0.489 e. The molecule has 1 rings (SSSR count). The van der Waals surface area contributed by atoms with E-state index in [4.69, 9.17) is 4.74 Å². The summed E-state index contributed by atoms with van der Waals surface area (Å²) in [6.45, 7) is 5.12. The summed E-state index contributed by atoms with van der Waals surface area (Å²) in [5.41, 5.74) is 0. The van der Waals surface area contributed by atoms with Gasteiger partial charge in [0.25, 0.3) is 0 Å². The smallest absolute Gasteiger partial charge is 0.200 e. The molecule has 1 aromatic carbocycles. The maximum absolute atomic E-state index is 13.4. The maximum Gasteiger partial charge on any atom is 0.200 e. The first-order valence-electron chi connectivity index (χ1n) is 6.09. The van der Waals surface area contributed by atoms with Crippen molar-refractivity contribution in [3.05, 3.63) is 28.2 Å². The summed E-state index contributed by atoms with van der Waals surface area (Å²) in [5.74, 6) is -1.92. The van der Waals surface area contributed by atoms with E-state index in [-0.39, 0.29) is 5.75 Å². The SMILES string of the molecule is CCC(CC)NCCOc1cc(Br)cc(F)c1F. The summed E-state index contributed by atoms with van der Waals surface area (Å²) in [6.07, 6.45) is 2.08. The molecule has 0 aliphatic carbocycles. The molecule has 0 fully saturated rings. The first kappa shape index (κ1) is 15.4. The third kappa shape index (κ3) is 4.53. The first-order valence-corrected chi connectivity index (χ1v) is 6.88. The number of nitrogens with one attached hydrogen (secondary N) is 1. The van der Waals surface area contributed by atoms with Crippen LogP contribution in [0.25, 0.3) is 0 Å². The van der Waals surface area contributed by atoms with Crippen molar-refractivity contribution in [3.8, 4) is 5.75 Å². The molecular weight excluding hydrogens is 304 g/mol. The van der Waals surface area contributed by atoms with Crippen molar-refractivity contribution >= 4 is 15.9 Å². The molecule has 0 radical (unpaired) electrons. The normalized spacial score (nSPS) is 11.0. The molecule has 0 spiro atoms. The molecule has 102 valence electrons. The van der Waals surface area contributed by atoms with E-state index in [1.54, 1.807) is 0 Å². The van der Waals surface area contributed by atoms with Crippen LogP contribution in [-0.4, -0.2) is 19.2 Å². The number of benzene rings is 1. The van der Waals surface area contributed by atoms with Crippen LogP contribution in [0.1, 0.15) is 26.7 Å². The molecule has 0 atom stereocenters. The lowest BCUT2D eigenvalue weighted by Gasteiger charge is -2.15. The predicted molar refractivity (Wildman–Crippen MR) is 71.9 cm³/mol. The van der Waals surface area contributed by atoms with Crippen molar-refractivity contribution in [2.75, 3.05) is 13.2 Å². The fourth-order valence-corrected chi connectivity index (χ4v) is 2.05. The van der Waals surface area contributed by atoms with Gasteiger partial charge in [-0.2, -0.15) is 4.39 Å². The predicted octanol–water partition coefficient (Wildman–Crippen LogP) is 3.88. The molecule has 0 heterocycles.